The SMILES string of the molecule is CCOC1CC(NC(=NC)NCc2ccnc(N3CCOC(C)C3)c2)C1(CC)CC.I. The number of rotatable bonds is 8. The van der Waals surface area contributed by atoms with Crippen molar-refractivity contribution in [3.63, 3.8) is 0 Å². The van der Waals surface area contributed by atoms with Crippen LogP contribution < -0.4 is 15.5 Å². The first-order valence-electron chi connectivity index (χ1n) is 11.5. The second kappa shape index (κ2) is 12.2. The third-order valence-corrected chi connectivity index (χ3v) is 6.84. The zero-order valence-electron chi connectivity index (χ0n) is 19.7. The molecule has 1 aromatic heterocycles. The molecule has 176 valence electrons. The van der Waals surface area contributed by atoms with E-state index >= 15 is 0 Å². The Morgan fingerprint density at radius 1 is 1.35 bits per heavy atom. The molecule has 8 heteroatoms. The molecule has 2 aliphatic rings. The maximum atomic E-state index is 6.01. The predicted octanol–water partition coefficient (Wildman–Crippen LogP) is 3.57. The minimum atomic E-state index is 0. The van der Waals surface area contributed by atoms with Gasteiger partial charge >= 0.3 is 0 Å². The summed E-state index contributed by atoms with van der Waals surface area (Å²) >= 11 is 0. The van der Waals surface area contributed by atoms with E-state index in [9.17, 15) is 0 Å². The van der Waals surface area contributed by atoms with E-state index in [2.05, 4.69) is 65.3 Å². The number of anilines is 1. The minimum absolute atomic E-state index is 0. The van der Waals surface area contributed by atoms with Gasteiger partial charge in [-0.2, -0.15) is 0 Å². The van der Waals surface area contributed by atoms with Crippen molar-refractivity contribution >= 4 is 35.8 Å². The summed E-state index contributed by atoms with van der Waals surface area (Å²) < 4.78 is 11.7. The number of halogens is 1. The summed E-state index contributed by atoms with van der Waals surface area (Å²) in [5, 5.41) is 7.14. The van der Waals surface area contributed by atoms with Gasteiger partial charge < -0.3 is 25.0 Å². The van der Waals surface area contributed by atoms with Crippen LogP contribution in [-0.4, -0.2) is 62.5 Å². The summed E-state index contributed by atoms with van der Waals surface area (Å²) in [7, 11) is 1.83. The highest BCUT2D eigenvalue weighted by molar-refractivity contribution is 14.0. The molecule has 2 fully saturated rings. The van der Waals surface area contributed by atoms with Crippen molar-refractivity contribution in [3.05, 3.63) is 23.9 Å². The Balaban J connectivity index is 0.00000341. The van der Waals surface area contributed by atoms with Crippen molar-refractivity contribution in [1.29, 1.82) is 0 Å². The highest BCUT2D eigenvalue weighted by Crippen LogP contribution is 2.48. The third-order valence-electron chi connectivity index (χ3n) is 6.84. The molecular weight excluding hydrogens is 505 g/mol. The fraction of sp³-hybridized carbons (Fsp3) is 0.739. The zero-order valence-corrected chi connectivity index (χ0v) is 22.0. The molecule has 1 saturated heterocycles. The topological polar surface area (TPSA) is 71.0 Å². The number of ether oxygens (including phenoxy) is 2. The summed E-state index contributed by atoms with van der Waals surface area (Å²) in [6.07, 6.45) is 5.71. The van der Waals surface area contributed by atoms with Gasteiger partial charge in [0, 0.05) is 50.9 Å². The van der Waals surface area contributed by atoms with Crippen LogP contribution in [0.3, 0.4) is 0 Å². The summed E-state index contributed by atoms with van der Waals surface area (Å²) in [6, 6.07) is 4.61. The van der Waals surface area contributed by atoms with Crippen LogP contribution in [0.5, 0.6) is 0 Å². The molecule has 0 radical (unpaired) electrons. The van der Waals surface area contributed by atoms with Crippen molar-refractivity contribution in [2.45, 2.75) is 71.8 Å². The fourth-order valence-corrected chi connectivity index (χ4v) is 4.90. The molecule has 0 spiro atoms. The van der Waals surface area contributed by atoms with Crippen molar-refractivity contribution in [3.8, 4) is 0 Å². The Bertz CT molecular complexity index is 713. The fourth-order valence-electron chi connectivity index (χ4n) is 4.90. The third kappa shape index (κ3) is 6.01. The molecule has 1 aliphatic carbocycles. The van der Waals surface area contributed by atoms with Gasteiger partial charge in [-0.3, -0.25) is 4.99 Å². The smallest absolute Gasteiger partial charge is 0.191 e. The van der Waals surface area contributed by atoms with E-state index in [-0.39, 0.29) is 35.5 Å². The van der Waals surface area contributed by atoms with E-state index in [1.165, 1.54) is 5.56 Å². The van der Waals surface area contributed by atoms with Gasteiger partial charge in [-0.25, -0.2) is 4.98 Å². The Hall–Kier alpha value is -1.13. The number of hydrogen-bond donors (Lipinski definition) is 2. The molecule has 3 atom stereocenters. The van der Waals surface area contributed by atoms with Gasteiger partial charge in [-0.1, -0.05) is 13.8 Å². The molecule has 31 heavy (non-hydrogen) atoms. The molecule has 1 saturated carbocycles. The highest BCUT2D eigenvalue weighted by atomic mass is 127. The Labute approximate surface area is 204 Å². The van der Waals surface area contributed by atoms with E-state index in [0.717, 1.165) is 57.3 Å². The number of hydrogen-bond acceptors (Lipinski definition) is 5. The predicted molar refractivity (Wildman–Crippen MR) is 137 cm³/mol. The molecule has 2 N–H and O–H groups in total. The van der Waals surface area contributed by atoms with Gasteiger partial charge in [0.15, 0.2) is 5.96 Å². The lowest BCUT2D eigenvalue weighted by atomic mass is 9.58. The largest absolute Gasteiger partial charge is 0.378 e. The van der Waals surface area contributed by atoms with Crippen molar-refractivity contribution in [2.75, 3.05) is 38.3 Å². The van der Waals surface area contributed by atoms with Crippen LogP contribution in [-0.2, 0) is 16.0 Å². The van der Waals surface area contributed by atoms with Gasteiger partial charge in [0.25, 0.3) is 0 Å². The van der Waals surface area contributed by atoms with Crippen LogP contribution >= 0.6 is 24.0 Å². The van der Waals surface area contributed by atoms with E-state index in [1.807, 2.05) is 13.2 Å². The second-order valence-corrected chi connectivity index (χ2v) is 8.39. The molecule has 3 rings (SSSR count). The number of nitrogens with zero attached hydrogens (tertiary/aromatic N) is 3. The minimum Gasteiger partial charge on any atom is -0.378 e. The van der Waals surface area contributed by atoms with E-state index in [1.54, 1.807) is 0 Å². The van der Waals surface area contributed by atoms with Crippen LogP contribution in [0.1, 0.15) is 52.5 Å². The number of pyridine rings is 1. The average molecular weight is 546 g/mol. The first kappa shape index (κ1) is 26.1. The summed E-state index contributed by atoms with van der Waals surface area (Å²) in [5.41, 5.74) is 1.38. The van der Waals surface area contributed by atoms with Crippen LogP contribution in [0.4, 0.5) is 5.82 Å². The quantitative estimate of drug-likeness (QED) is 0.296. The van der Waals surface area contributed by atoms with Crippen LogP contribution in [0.15, 0.2) is 23.3 Å². The molecule has 0 amide bonds. The summed E-state index contributed by atoms with van der Waals surface area (Å²) in [5.74, 6) is 1.86. The Morgan fingerprint density at radius 2 is 2.13 bits per heavy atom. The first-order valence-corrected chi connectivity index (χ1v) is 11.5. The molecule has 3 unspecified atom stereocenters. The van der Waals surface area contributed by atoms with Crippen molar-refractivity contribution < 1.29 is 9.47 Å². The van der Waals surface area contributed by atoms with Gasteiger partial charge in [-0.05, 0) is 50.8 Å². The number of aliphatic imine (C=N–C) groups is 1. The van der Waals surface area contributed by atoms with E-state index < -0.39 is 0 Å². The van der Waals surface area contributed by atoms with Crippen LogP contribution in [0.2, 0.25) is 0 Å². The maximum Gasteiger partial charge on any atom is 0.191 e. The molecule has 1 aromatic rings. The molecule has 2 heterocycles. The van der Waals surface area contributed by atoms with Crippen LogP contribution in [0.25, 0.3) is 0 Å². The molecule has 1 aliphatic heterocycles. The van der Waals surface area contributed by atoms with Gasteiger partial charge in [0.1, 0.15) is 5.82 Å². The van der Waals surface area contributed by atoms with Crippen LogP contribution in [0, 0.1) is 5.41 Å². The molecule has 0 bridgehead atoms. The molecule has 7 nitrogen and oxygen atoms in total. The van der Waals surface area contributed by atoms with E-state index in [4.69, 9.17) is 9.47 Å². The van der Waals surface area contributed by atoms with Gasteiger partial charge in [-0.15, -0.1) is 24.0 Å². The Morgan fingerprint density at radius 3 is 2.77 bits per heavy atom. The normalized spacial score (nSPS) is 25.4. The molecule has 0 aromatic carbocycles. The first-order chi connectivity index (χ1) is 14.6. The monoisotopic (exact) mass is 545 g/mol. The van der Waals surface area contributed by atoms with Gasteiger partial charge in [0.05, 0.1) is 18.8 Å². The lowest BCUT2D eigenvalue weighted by Crippen LogP contribution is -2.65. The number of guanidine groups is 1. The van der Waals surface area contributed by atoms with Crippen molar-refractivity contribution in [2.24, 2.45) is 10.4 Å². The highest BCUT2D eigenvalue weighted by Gasteiger charge is 2.53. The summed E-state index contributed by atoms with van der Waals surface area (Å²) in [4.78, 5) is 11.3. The zero-order chi connectivity index (χ0) is 21.6. The number of aromatic nitrogens is 1. The average Bonchev–Trinajstić information content (AvgIpc) is 2.76. The summed E-state index contributed by atoms with van der Waals surface area (Å²) in [6.45, 7) is 12.7. The standard InChI is InChI=1S/C23H39N5O2.HI/c1-6-23(7-2)19(14-20(23)29-8-3)27-22(24-5)26-15-18-9-10-25-21(13-18)28-11-12-30-17(4)16-28;/h9-10,13,17,19-20H,6-8,11-12,14-16H2,1-5H3,(H2,24,26,27);1H. The molecular formula is C23H40IN5O2. The van der Waals surface area contributed by atoms with E-state index in [0.29, 0.717) is 18.7 Å². The lowest BCUT2D eigenvalue weighted by molar-refractivity contribution is -0.133. The lowest BCUT2D eigenvalue weighted by Gasteiger charge is -2.55. The second-order valence-electron chi connectivity index (χ2n) is 8.39. The van der Waals surface area contributed by atoms with Gasteiger partial charge in [0.2, 0.25) is 0 Å². The van der Waals surface area contributed by atoms with Crippen molar-refractivity contribution in [1.82, 2.24) is 15.6 Å². The number of nitrogens with one attached hydrogen (secondary N) is 2. The maximum absolute atomic E-state index is 6.01. The number of morpholine rings is 1. The Kier molecular flexibility index (Phi) is 10.3.